The van der Waals surface area contributed by atoms with Gasteiger partial charge in [0.25, 0.3) is 0 Å². The van der Waals surface area contributed by atoms with Gasteiger partial charge in [-0.15, -0.1) is 0 Å². The van der Waals surface area contributed by atoms with Crippen molar-refractivity contribution in [3.05, 3.63) is 35.9 Å². The molecular formula is C13H21NO. The average Bonchev–Trinajstić information content (AvgIpc) is 2.31. The van der Waals surface area contributed by atoms with Gasteiger partial charge in [-0.3, -0.25) is 0 Å². The van der Waals surface area contributed by atoms with E-state index in [0.717, 1.165) is 12.8 Å². The van der Waals surface area contributed by atoms with Crippen molar-refractivity contribution in [2.24, 2.45) is 0 Å². The molecule has 0 spiro atoms. The zero-order valence-electron chi connectivity index (χ0n) is 9.86. The minimum Gasteiger partial charge on any atom is -0.380 e. The fourth-order valence-corrected chi connectivity index (χ4v) is 1.74. The maximum Gasteiger partial charge on any atom is 0.0696 e. The molecule has 1 aromatic rings. The minimum absolute atomic E-state index is 0.263. The number of hydrogen-bond acceptors (Lipinski definition) is 2. The lowest BCUT2D eigenvalue weighted by atomic mass is 10.0. The summed E-state index contributed by atoms with van der Waals surface area (Å²) in [5.74, 6) is 0. The van der Waals surface area contributed by atoms with Crippen molar-refractivity contribution in [1.82, 2.24) is 5.32 Å². The maximum atomic E-state index is 5.33. The van der Waals surface area contributed by atoms with E-state index in [9.17, 15) is 0 Å². The summed E-state index contributed by atoms with van der Waals surface area (Å²) in [6, 6.07) is 11.0. The van der Waals surface area contributed by atoms with E-state index in [1.54, 1.807) is 7.11 Å². The molecule has 1 aromatic carbocycles. The zero-order valence-corrected chi connectivity index (χ0v) is 9.86. The van der Waals surface area contributed by atoms with Crippen molar-refractivity contribution < 1.29 is 4.74 Å². The van der Waals surface area contributed by atoms with Crippen LogP contribution in [0.15, 0.2) is 30.3 Å². The number of benzene rings is 1. The second-order valence-corrected chi connectivity index (χ2v) is 3.86. The molecule has 0 heterocycles. The van der Waals surface area contributed by atoms with E-state index in [-0.39, 0.29) is 6.10 Å². The van der Waals surface area contributed by atoms with Crippen LogP contribution < -0.4 is 5.32 Å². The highest BCUT2D eigenvalue weighted by Gasteiger charge is 2.13. The predicted octanol–water partition coefficient (Wildman–Crippen LogP) is 2.24. The second-order valence-electron chi connectivity index (χ2n) is 3.86. The van der Waals surface area contributed by atoms with Crippen LogP contribution in [-0.4, -0.2) is 26.3 Å². The van der Waals surface area contributed by atoms with Crippen LogP contribution in [0.5, 0.6) is 0 Å². The first-order valence-electron chi connectivity index (χ1n) is 5.52. The van der Waals surface area contributed by atoms with Gasteiger partial charge >= 0.3 is 0 Å². The molecule has 0 amide bonds. The normalized spacial score (nSPS) is 14.9. The molecule has 0 fully saturated rings. The quantitative estimate of drug-likeness (QED) is 0.772. The summed E-state index contributed by atoms with van der Waals surface area (Å²) in [5, 5.41) is 3.30. The van der Waals surface area contributed by atoms with Crippen LogP contribution in [0.25, 0.3) is 0 Å². The fraction of sp³-hybridized carbons (Fsp3) is 0.538. The second kappa shape index (κ2) is 6.59. The third-order valence-corrected chi connectivity index (χ3v) is 2.90. The predicted molar refractivity (Wildman–Crippen MR) is 64.1 cm³/mol. The van der Waals surface area contributed by atoms with Gasteiger partial charge in [-0.25, -0.2) is 0 Å². The van der Waals surface area contributed by atoms with Gasteiger partial charge in [-0.05, 0) is 32.4 Å². The van der Waals surface area contributed by atoms with Gasteiger partial charge in [0.1, 0.15) is 0 Å². The highest BCUT2D eigenvalue weighted by atomic mass is 16.5. The fourth-order valence-electron chi connectivity index (χ4n) is 1.74. The van der Waals surface area contributed by atoms with Crippen molar-refractivity contribution >= 4 is 0 Å². The Hall–Kier alpha value is -0.860. The van der Waals surface area contributed by atoms with Gasteiger partial charge in [0.15, 0.2) is 0 Å². The molecule has 0 aliphatic heterocycles. The van der Waals surface area contributed by atoms with Gasteiger partial charge < -0.3 is 10.1 Å². The van der Waals surface area contributed by atoms with E-state index in [0.29, 0.717) is 6.04 Å². The Balaban J connectivity index is 2.41. The molecule has 1 rings (SSSR count). The number of aryl methyl sites for hydroxylation is 1. The van der Waals surface area contributed by atoms with E-state index in [1.165, 1.54) is 5.56 Å². The molecule has 0 aliphatic rings. The van der Waals surface area contributed by atoms with Crippen molar-refractivity contribution in [2.45, 2.75) is 31.9 Å². The molecule has 0 aromatic heterocycles. The molecule has 0 saturated heterocycles. The zero-order chi connectivity index (χ0) is 11.1. The summed E-state index contributed by atoms with van der Waals surface area (Å²) in [5.41, 5.74) is 1.39. The van der Waals surface area contributed by atoms with Gasteiger partial charge in [-0.2, -0.15) is 0 Å². The number of hydrogen-bond donors (Lipinski definition) is 1. The largest absolute Gasteiger partial charge is 0.380 e. The molecule has 84 valence electrons. The molecule has 2 nitrogen and oxygen atoms in total. The minimum atomic E-state index is 0.263. The van der Waals surface area contributed by atoms with Crippen LogP contribution in [0.1, 0.15) is 18.9 Å². The van der Waals surface area contributed by atoms with Crippen LogP contribution in [-0.2, 0) is 11.2 Å². The molecular weight excluding hydrogens is 186 g/mol. The first kappa shape index (κ1) is 12.2. The van der Waals surface area contributed by atoms with Gasteiger partial charge in [-0.1, -0.05) is 30.3 Å². The molecule has 0 saturated carbocycles. The van der Waals surface area contributed by atoms with Crippen molar-refractivity contribution in [3.63, 3.8) is 0 Å². The van der Waals surface area contributed by atoms with Gasteiger partial charge in [0.2, 0.25) is 0 Å². The van der Waals surface area contributed by atoms with Gasteiger partial charge in [0.05, 0.1) is 6.10 Å². The Labute approximate surface area is 92.6 Å². The molecule has 0 bridgehead atoms. The molecule has 15 heavy (non-hydrogen) atoms. The standard InChI is InChI=1S/C13H21NO/c1-11(15-3)13(14-2)10-9-12-7-5-4-6-8-12/h4-8,11,13-14H,9-10H2,1-3H3. The first-order chi connectivity index (χ1) is 7.27. The molecule has 2 heteroatoms. The Morgan fingerprint density at radius 2 is 1.93 bits per heavy atom. The van der Waals surface area contributed by atoms with Gasteiger partial charge in [0, 0.05) is 13.2 Å². The van der Waals surface area contributed by atoms with Crippen molar-refractivity contribution in [2.75, 3.05) is 14.2 Å². The average molecular weight is 207 g/mol. The van der Waals surface area contributed by atoms with Crippen LogP contribution in [0.2, 0.25) is 0 Å². The molecule has 0 aliphatic carbocycles. The first-order valence-corrected chi connectivity index (χ1v) is 5.52. The van der Waals surface area contributed by atoms with Crippen LogP contribution in [0, 0.1) is 0 Å². The summed E-state index contributed by atoms with van der Waals surface area (Å²) in [6.07, 6.45) is 2.47. The van der Waals surface area contributed by atoms with E-state index in [2.05, 4.69) is 42.6 Å². The Bertz CT molecular complexity index is 260. The lowest BCUT2D eigenvalue weighted by molar-refractivity contribution is 0.0829. The van der Waals surface area contributed by atoms with E-state index >= 15 is 0 Å². The summed E-state index contributed by atoms with van der Waals surface area (Å²) >= 11 is 0. The summed E-state index contributed by atoms with van der Waals surface area (Å²) in [7, 11) is 3.75. The SMILES string of the molecule is CNC(CCc1ccccc1)C(C)OC. The summed E-state index contributed by atoms with van der Waals surface area (Å²) < 4.78 is 5.33. The van der Waals surface area contributed by atoms with Crippen LogP contribution in [0.3, 0.4) is 0 Å². The highest BCUT2D eigenvalue weighted by molar-refractivity contribution is 5.14. The van der Waals surface area contributed by atoms with Crippen molar-refractivity contribution in [1.29, 1.82) is 0 Å². The highest BCUT2D eigenvalue weighted by Crippen LogP contribution is 2.08. The molecule has 2 unspecified atom stereocenters. The maximum absolute atomic E-state index is 5.33. The summed E-state index contributed by atoms with van der Waals surface area (Å²) in [6.45, 7) is 2.10. The van der Waals surface area contributed by atoms with E-state index in [1.807, 2.05) is 7.05 Å². The summed E-state index contributed by atoms with van der Waals surface area (Å²) in [4.78, 5) is 0. The van der Waals surface area contributed by atoms with E-state index < -0.39 is 0 Å². The number of nitrogens with one attached hydrogen (secondary N) is 1. The lowest BCUT2D eigenvalue weighted by Crippen LogP contribution is -2.37. The molecule has 2 atom stereocenters. The van der Waals surface area contributed by atoms with E-state index in [4.69, 9.17) is 4.74 Å². The smallest absolute Gasteiger partial charge is 0.0696 e. The lowest BCUT2D eigenvalue weighted by Gasteiger charge is -2.22. The van der Waals surface area contributed by atoms with Crippen LogP contribution in [0.4, 0.5) is 0 Å². The third kappa shape index (κ3) is 4.02. The number of rotatable bonds is 6. The van der Waals surface area contributed by atoms with Crippen molar-refractivity contribution in [3.8, 4) is 0 Å². The number of methoxy groups -OCH3 is 1. The topological polar surface area (TPSA) is 21.3 Å². The Morgan fingerprint density at radius 1 is 1.27 bits per heavy atom. The number of ether oxygens (including phenoxy) is 1. The molecule has 0 radical (unpaired) electrons. The Kier molecular flexibility index (Phi) is 5.37. The van der Waals surface area contributed by atoms with Crippen LogP contribution >= 0.6 is 0 Å². The monoisotopic (exact) mass is 207 g/mol. The Morgan fingerprint density at radius 3 is 2.47 bits per heavy atom. The molecule has 1 N–H and O–H groups in total. The third-order valence-electron chi connectivity index (χ3n) is 2.90. The number of likely N-dealkylation sites (N-methyl/N-ethyl adjacent to an activating group) is 1.